The van der Waals surface area contributed by atoms with E-state index in [-0.39, 0.29) is 12.0 Å². The molecule has 1 aliphatic rings. The molecule has 2 aromatic carbocycles. The second-order valence-corrected chi connectivity index (χ2v) is 7.62. The standard InChI is InChI=1S/C24H22ClN3O4/c1-30-21-5-3-15(7-22(21)31-2)4-6-23(29)28-13-19-9-17-8-16(10-20(25)24(17)32-19)18-11-26-14-27-12-18/h3-8,10-12,14,19H,9,13H2,1-2H3,(H,28,29)/b6-4+. The smallest absolute Gasteiger partial charge is 0.244 e. The van der Waals surface area contributed by atoms with Crippen LogP contribution in [-0.2, 0) is 11.2 Å². The first-order chi connectivity index (χ1) is 15.6. The van der Waals surface area contributed by atoms with Gasteiger partial charge in [0.15, 0.2) is 11.5 Å². The molecule has 1 amide bonds. The molecule has 1 N–H and O–H groups in total. The van der Waals surface area contributed by atoms with Gasteiger partial charge in [-0.05, 0) is 41.5 Å². The molecule has 0 fully saturated rings. The van der Waals surface area contributed by atoms with Gasteiger partial charge in [0.1, 0.15) is 18.2 Å². The first-order valence-electron chi connectivity index (χ1n) is 9.99. The van der Waals surface area contributed by atoms with Gasteiger partial charge in [-0.15, -0.1) is 0 Å². The summed E-state index contributed by atoms with van der Waals surface area (Å²) in [6, 6.07) is 9.31. The molecule has 32 heavy (non-hydrogen) atoms. The Balaban J connectivity index is 1.35. The van der Waals surface area contributed by atoms with Crippen LogP contribution in [0.2, 0.25) is 5.02 Å². The summed E-state index contributed by atoms with van der Waals surface area (Å²) in [6.45, 7) is 0.365. The Bertz CT molecular complexity index is 1150. The van der Waals surface area contributed by atoms with Crippen molar-refractivity contribution in [1.82, 2.24) is 15.3 Å². The minimum Gasteiger partial charge on any atom is -0.493 e. The molecule has 0 aliphatic carbocycles. The highest BCUT2D eigenvalue weighted by molar-refractivity contribution is 6.32. The molecule has 3 aromatic rings. The maximum absolute atomic E-state index is 12.3. The fraction of sp³-hybridized carbons (Fsp3) is 0.208. The van der Waals surface area contributed by atoms with Crippen LogP contribution >= 0.6 is 11.6 Å². The summed E-state index contributed by atoms with van der Waals surface area (Å²) in [5.41, 5.74) is 3.64. The largest absolute Gasteiger partial charge is 0.493 e. The predicted molar refractivity (Wildman–Crippen MR) is 122 cm³/mol. The number of carbonyl (C=O) groups is 1. The highest BCUT2D eigenvalue weighted by Crippen LogP contribution is 2.39. The number of hydrogen-bond donors (Lipinski definition) is 1. The van der Waals surface area contributed by atoms with E-state index in [0.717, 1.165) is 22.3 Å². The van der Waals surface area contributed by atoms with Gasteiger partial charge in [0.25, 0.3) is 0 Å². The van der Waals surface area contributed by atoms with Gasteiger partial charge in [-0.2, -0.15) is 0 Å². The zero-order chi connectivity index (χ0) is 22.5. The monoisotopic (exact) mass is 451 g/mol. The number of halogens is 1. The van der Waals surface area contributed by atoms with Crippen LogP contribution in [0.5, 0.6) is 17.2 Å². The highest BCUT2D eigenvalue weighted by Gasteiger charge is 2.26. The van der Waals surface area contributed by atoms with Crippen molar-refractivity contribution in [2.45, 2.75) is 12.5 Å². The molecule has 1 aliphatic heterocycles. The first kappa shape index (κ1) is 21.6. The fourth-order valence-electron chi connectivity index (χ4n) is 3.52. The van der Waals surface area contributed by atoms with Crippen LogP contribution in [-0.4, -0.2) is 42.7 Å². The molecule has 0 spiro atoms. The zero-order valence-corrected chi connectivity index (χ0v) is 18.4. The van der Waals surface area contributed by atoms with E-state index in [4.69, 9.17) is 25.8 Å². The van der Waals surface area contributed by atoms with E-state index >= 15 is 0 Å². The SMILES string of the molecule is COc1ccc(/C=C/C(=O)NCC2Cc3cc(-c4cncnc4)cc(Cl)c3O2)cc1OC. The summed E-state index contributed by atoms with van der Waals surface area (Å²) in [7, 11) is 3.15. The third-order valence-electron chi connectivity index (χ3n) is 5.09. The zero-order valence-electron chi connectivity index (χ0n) is 17.7. The molecule has 0 bridgehead atoms. The number of rotatable bonds is 7. The number of benzene rings is 2. The van der Waals surface area contributed by atoms with Crippen molar-refractivity contribution in [3.63, 3.8) is 0 Å². The number of methoxy groups -OCH3 is 2. The summed E-state index contributed by atoms with van der Waals surface area (Å²) < 4.78 is 16.5. The second-order valence-electron chi connectivity index (χ2n) is 7.21. The molecule has 1 unspecified atom stereocenters. The Labute approximate surface area is 191 Å². The van der Waals surface area contributed by atoms with Crippen LogP contribution in [0.4, 0.5) is 0 Å². The minimum atomic E-state index is -0.215. The van der Waals surface area contributed by atoms with Crippen LogP contribution in [0.3, 0.4) is 0 Å². The van der Waals surface area contributed by atoms with Crippen LogP contribution in [0, 0.1) is 0 Å². The van der Waals surface area contributed by atoms with Gasteiger partial charge in [0.2, 0.25) is 5.91 Å². The van der Waals surface area contributed by atoms with E-state index in [0.29, 0.717) is 35.2 Å². The molecule has 8 heteroatoms. The predicted octanol–water partition coefficient (Wildman–Crippen LogP) is 3.95. The van der Waals surface area contributed by atoms with Gasteiger partial charge in [-0.1, -0.05) is 17.7 Å². The molecule has 164 valence electrons. The van der Waals surface area contributed by atoms with Crippen LogP contribution in [0.25, 0.3) is 17.2 Å². The Morgan fingerprint density at radius 1 is 1.16 bits per heavy atom. The van der Waals surface area contributed by atoms with Crippen LogP contribution < -0.4 is 19.5 Å². The molecule has 0 saturated heterocycles. The topological polar surface area (TPSA) is 82.6 Å². The lowest BCUT2D eigenvalue weighted by molar-refractivity contribution is -0.116. The average Bonchev–Trinajstić information content (AvgIpc) is 3.25. The van der Waals surface area contributed by atoms with Gasteiger partial charge in [0, 0.05) is 36.0 Å². The Morgan fingerprint density at radius 2 is 1.94 bits per heavy atom. The molecule has 1 atom stereocenters. The van der Waals surface area contributed by atoms with E-state index in [1.54, 1.807) is 44.8 Å². The summed E-state index contributed by atoms with van der Waals surface area (Å²) in [6.07, 6.45) is 8.61. The Morgan fingerprint density at radius 3 is 2.69 bits per heavy atom. The van der Waals surface area contributed by atoms with E-state index in [2.05, 4.69) is 15.3 Å². The number of nitrogens with zero attached hydrogens (tertiary/aromatic N) is 2. The molecule has 7 nitrogen and oxygen atoms in total. The number of aromatic nitrogens is 2. The Kier molecular flexibility index (Phi) is 6.56. The van der Waals surface area contributed by atoms with Crippen LogP contribution in [0.1, 0.15) is 11.1 Å². The van der Waals surface area contributed by atoms with Crippen molar-refractivity contribution < 1.29 is 19.0 Å². The van der Waals surface area contributed by atoms with Gasteiger partial charge in [-0.25, -0.2) is 9.97 Å². The Hall–Kier alpha value is -3.58. The normalized spacial score (nSPS) is 14.7. The van der Waals surface area contributed by atoms with Crippen molar-refractivity contribution in [2.24, 2.45) is 0 Å². The summed E-state index contributed by atoms with van der Waals surface area (Å²) in [4.78, 5) is 20.4. The fourth-order valence-corrected chi connectivity index (χ4v) is 3.80. The molecular formula is C24H22ClN3O4. The van der Waals surface area contributed by atoms with Crippen molar-refractivity contribution >= 4 is 23.6 Å². The highest BCUT2D eigenvalue weighted by atomic mass is 35.5. The van der Waals surface area contributed by atoms with Gasteiger partial charge < -0.3 is 19.5 Å². The minimum absolute atomic E-state index is 0.191. The maximum atomic E-state index is 12.3. The lowest BCUT2D eigenvalue weighted by Gasteiger charge is -2.11. The van der Waals surface area contributed by atoms with E-state index in [1.807, 2.05) is 18.2 Å². The number of nitrogens with one attached hydrogen (secondary N) is 1. The molecule has 2 heterocycles. The van der Waals surface area contributed by atoms with E-state index in [9.17, 15) is 4.79 Å². The molecule has 4 rings (SSSR count). The number of ether oxygens (including phenoxy) is 3. The summed E-state index contributed by atoms with van der Waals surface area (Å²) >= 11 is 6.43. The number of fused-ring (bicyclic) bond motifs is 1. The van der Waals surface area contributed by atoms with Gasteiger partial charge in [0.05, 0.1) is 25.8 Å². The number of hydrogen-bond acceptors (Lipinski definition) is 6. The van der Waals surface area contributed by atoms with Crippen molar-refractivity contribution in [3.05, 3.63) is 71.3 Å². The van der Waals surface area contributed by atoms with Crippen molar-refractivity contribution in [2.75, 3.05) is 20.8 Å². The lowest BCUT2D eigenvalue weighted by Crippen LogP contribution is -2.33. The van der Waals surface area contributed by atoms with Crippen molar-refractivity contribution in [3.8, 4) is 28.4 Å². The van der Waals surface area contributed by atoms with E-state index < -0.39 is 0 Å². The molecule has 0 radical (unpaired) electrons. The van der Waals surface area contributed by atoms with Crippen molar-refractivity contribution in [1.29, 1.82) is 0 Å². The number of carbonyl (C=O) groups excluding carboxylic acids is 1. The summed E-state index contributed by atoms with van der Waals surface area (Å²) in [5, 5.41) is 3.41. The van der Waals surface area contributed by atoms with E-state index in [1.165, 1.54) is 12.4 Å². The molecule has 0 saturated carbocycles. The first-order valence-corrected chi connectivity index (χ1v) is 10.4. The third kappa shape index (κ3) is 4.84. The maximum Gasteiger partial charge on any atom is 0.244 e. The quantitative estimate of drug-likeness (QED) is 0.548. The average molecular weight is 452 g/mol. The molecular weight excluding hydrogens is 430 g/mol. The van der Waals surface area contributed by atoms with Crippen LogP contribution in [0.15, 0.2) is 55.1 Å². The van der Waals surface area contributed by atoms with Gasteiger partial charge in [-0.3, -0.25) is 4.79 Å². The lowest BCUT2D eigenvalue weighted by atomic mass is 10.0. The third-order valence-corrected chi connectivity index (χ3v) is 5.37. The second kappa shape index (κ2) is 9.70. The number of amides is 1. The molecule has 1 aromatic heterocycles. The summed E-state index contributed by atoms with van der Waals surface area (Å²) in [5.74, 6) is 1.68. The van der Waals surface area contributed by atoms with Gasteiger partial charge >= 0.3 is 0 Å².